The van der Waals surface area contributed by atoms with Crippen LogP contribution >= 0.6 is 0 Å². The van der Waals surface area contributed by atoms with Crippen molar-refractivity contribution in [2.24, 2.45) is 0 Å². The van der Waals surface area contributed by atoms with E-state index in [1.54, 1.807) is 19.0 Å². The molecule has 16 heavy (non-hydrogen) atoms. The van der Waals surface area contributed by atoms with Gasteiger partial charge >= 0.3 is 0 Å². The average Bonchev–Trinajstić information content (AvgIpc) is 2.26. The van der Waals surface area contributed by atoms with Gasteiger partial charge in [-0.2, -0.15) is 0 Å². The number of carbonyl (C=O) groups excluding carboxylic acids is 1. The Balaban J connectivity index is 2.41. The fourth-order valence-electron chi connectivity index (χ4n) is 2.19. The Hall–Kier alpha value is -1.35. The minimum Gasteiger partial charge on any atom is -0.345 e. The van der Waals surface area contributed by atoms with Gasteiger partial charge in [0.2, 0.25) is 0 Å². The van der Waals surface area contributed by atoms with Gasteiger partial charge in [0.15, 0.2) is 0 Å². The number of hydrogen-bond acceptors (Lipinski definition) is 2. The number of amides is 1. The molecule has 1 aromatic rings. The van der Waals surface area contributed by atoms with Gasteiger partial charge < -0.3 is 9.80 Å². The maximum atomic E-state index is 12.0. The molecule has 0 unspecified atom stereocenters. The second-order valence-corrected chi connectivity index (χ2v) is 4.63. The average molecular weight is 218 g/mol. The number of likely N-dealkylation sites (N-methyl/N-ethyl adjacent to an activating group) is 1. The summed E-state index contributed by atoms with van der Waals surface area (Å²) in [4.78, 5) is 15.9. The molecule has 0 N–H and O–H groups in total. The number of rotatable bonds is 1. The third kappa shape index (κ3) is 1.95. The summed E-state index contributed by atoms with van der Waals surface area (Å²) in [6.45, 7) is 1.98. The first-order chi connectivity index (χ1) is 7.59. The quantitative estimate of drug-likeness (QED) is 0.711. The van der Waals surface area contributed by atoms with Crippen LogP contribution in [-0.2, 0) is 13.0 Å². The standard InChI is InChI=1S/C13H18N2O/c1-14(2)13(16)12-6-4-5-10-9-15(3)8-7-11(10)12/h4-6H,7-9H2,1-3H3. The lowest BCUT2D eigenvalue weighted by atomic mass is 9.94. The zero-order valence-corrected chi connectivity index (χ0v) is 10.2. The largest absolute Gasteiger partial charge is 0.345 e. The Labute approximate surface area is 96.7 Å². The highest BCUT2D eigenvalue weighted by atomic mass is 16.2. The summed E-state index contributed by atoms with van der Waals surface area (Å²) >= 11 is 0. The van der Waals surface area contributed by atoms with Crippen molar-refractivity contribution in [3.05, 3.63) is 34.9 Å². The third-order valence-corrected chi connectivity index (χ3v) is 3.09. The first-order valence-electron chi connectivity index (χ1n) is 5.60. The molecule has 1 amide bonds. The van der Waals surface area contributed by atoms with Crippen molar-refractivity contribution in [2.45, 2.75) is 13.0 Å². The van der Waals surface area contributed by atoms with Crippen LogP contribution in [0, 0.1) is 0 Å². The van der Waals surface area contributed by atoms with Gasteiger partial charge in [-0.3, -0.25) is 4.79 Å². The summed E-state index contributed by atoms with van der Waals surface area (Å²) < 4.78 is 0. The molecule has 0 saturated carbocycles. The lowest BCUT2D eigenvalue weighted by molar-refractivity contribution is 0.0825. The highest BCUT2D eigenvalue weighted by molar-refractivity contribution is 5.95. The van der Waals surface area contributed by atoms with Gasteiger partial charge in [0.25, 0.3) is 5.91 Å². The van der Waals surface area contributed by atoms with Gasteiger partial charge in [0.1, 0.15) is 0 Å². The summed E-state index contributed by atoms with van der Waals surface area (Å²) in [5.74, 6) is 0.112. The van der Waals surface area contributed by atoms with Crippen LogP contribution in [0.2, 0.25) is 0 Å². The SMILES string of the molecule is CN1CCc2c(cccc2C(=O)N(C)C)C1. The smallest absolute Gasteiger partial charge is 0.253 e. The predicted octanol–water partition coefficient (Wildman–Crippen LogP) is 1.38. The van der Waals surface area contributed by atoms with E-state index in [0.29, 0.717) is 0 Å². The van der Waals surface area contributed by atoms with Gasteiger partial charge in [0, 0.05) is 32.7 Å². The fraction of sp³-hybridized carbons (Fsp3) is 0.462. The molecule has 0 aromatic heterocycles. The normalized spacial score (nSPS) is 15.7. The van der Waals surface area contributed by atoms with Gasteiger partial charge in [-0.15, -0.1) is 0 Å². The van der Waals surface area contributed by atoms with Crippen LogP contribution in [0.3, 0.4) is 0 Å². The number of fused-ring (bicyclic) bond motifs is 1. The molecule has 0 fully saturated rings. The molecular formula is C13H18N2O. The number of nitrogens with zero attached hydrogens (tertiary/aromatic N) is 2. The lowest BCUT2D eigenvalue weighted by Gasteiger charge is -2.27. The maximum absolute atomic E-state index is 12.0. The highest BCUT2D eigenvalue weighted by Crippen LogP contribution is 2.22. The minimum atomic E-state index is 0.112. The van der Waals surface area contributed by atoms with Gasteiger partial charge in [-0.05, 0) is 30.7 Å². The van der Waals surface area contributed by atoms with Crippen LogP contribution in [0.1, 0.15) is 21.5 Å². The van der Waals surface area contributed by atoms with Crippen LogP contribution < -0.4 is 0 Å². The van der Waals surface area contributed by atoms with Crippen molar-refractivity contribution in [3.63, 3.8) is 0 Å². The highest BCUT2D eigenvalue weighted by Gasteiger charge is 2.20. The molecular weight excluding hydrogens is 200 g/mol. The van der Waals surface area contributed by atoms with Crippen LogP contribution in [0.5, 0.6) is 0 Å². The predicted molar refractivity (Wildman–Crippen MR) is 64.5 cm³/mol. The Morgan fingerprint density at radius 2 is 2.12 bits per heavy atom. The molecule has 3 heteroatoms. The van der Waals surface area contributed by atoms with Gasteiger partial charge in [-0.25, -0.2) is 0 Å². The monoisotopic (exact) mass is 218 g/mol. The molecule has 1 aromatic carbocycles. The zero-order chi connectivity index (χ0) is 11.7. The second kappa shape index (κ2) is 4.26. The van der Waals surface area contributed by atoms with Crippen LogP contribution in [0.15, 0.2) is 18.2 Å². The number of carbonyl (C=O) groups is 1. The summed E-state index contributed by atoms with van der Waals surface area (Å²) in [5.41, 5.74) is 3.40. The van der Waals surface area contributed by atoms with Crippen molar-refractivity contribution >= 4 is 5.91 Å². The van der Waals surface area contributed by atoms with Crippen molar-refractivity contribution < 1.29 is 4.79 Å². The topological polar surface area (TPSA) is 23.6 Å². The van der Waals surface area contributed by atoms with Crippen molar-refractivity contribution in [2.75, 3.05) is 27.7 Å². The summed E-state index contributed by atoms with van der Waals surface area (Å²) in [7, 11) is 5.72. The number of benzene rings is 1. The summed E-state index contributed by atoms with van der Waals surface area (Å²) in [6.07, 6.45) is 0.974. The van der Waals surface area contributed by atoms with E-state index in [1.807, 2.05) is 12.1 Å². The molecule has 0 saturated heterocycles. The molecule has 2 rings (SSSR count). The van der Waals surface area contributed by atoms with Crippen LogP contribution in [0.25, 0.3) is 0 Å². The fourth-order valence-corrected chi connectivity index (χ4v) is 2.19. The molecule has 1 aliphatic rings. The van der Waals surface area contributed by atoms with Crippen LogP contribution in [0.4, 0.5) is 0 Å². The first kappa shape index (κ1) is 11.1. The molecule has 0 aliphatic carbocycles. The minimum absolute atomic E-state index is 0.112. The third-order valence-electron chi connectivity index (χ3n) is 3.09. The molecule has 0 bridgehead atoms. The molecule has 0 atom stereocenters. The van der Waals surface area contributed by atoms with E-state index in [2.05, 4.69) is 18.0 Å². The first-order valence-corrected chi connectivity index (χ1v) is 5.60. The summed E-state index contributed by atoms with van der Waals surface area (Å²) in [5, 5.41) is 0. The van der Waals surface area contributed by atoms with E-state index in [4.69, 9.17) is 0 Å². The van der Waals surface area contributed by atoms with Crippen molar-refractivity contribution in [1.82, 2.24) is 9.80 Å². The van der Waals surface area contributed by atoms with E-state index in [0.717, 1.165) is 25.1 Å². The molecule has 3 nitrogen and oxygen atoms in total. The molecule has 0 radical (unpaired) electrons. The molecule has 86 valence electrons. The van der Waals surface area contributed by atoms with Crippen molar-refractivity contribution in [1.29, 1.82) is 0 Å². The van der Waals surface area contributed by atoms with Gasteiger partial charge in [0.05, 0.1) is 0 Å². The van der Waals surface area contributed by atoms with E-state index in [1.165, 1.54) is 11.1 Å². The summed E-state index contributed by atoms with van der Waals surface area (Å²) in [6, 6.07) is 6.04. The zero-order valence-electron chi connectivity index (χ0n) is 10.2. The maximum Gasteiger partial charge on any atom is 0.253 e. The van der Waals surface area contributed by atoms with Gasteiger partial charge in [-0.1, -0.05) is 12.1 Å². The van der Waals surface area contributed by atoms with Crippen molar-refractivity contribution in [3.8, 4) is 0 Å². The lowest BCUT2D eigenvalue weighted by Crippen LogP contribution is -2.30. The Morgan fingerprint density at radius 1 is 1.38 bits per heavy atom. The Morgan fingerprint density at radius 3 is 2.81 bits per heavy atom. The Bertz CT molecular complexity index is 412. The van der Waals surface area contributed by atoms with E-state index in [9.17, 15) is 4.79 Å². The van der Waals surface area contributed by atoms with E-state index < -0.39 is 0 Å². The molecule has 1 heterocycles. The van der Waals surface area contributed by atoms with E-state index >= 15 is 0 Å². The molecule has 0 spiro atoms. The van der Waals surface area contributed by atoms with E-state index in [-0.39, 0.29) is 5.91 Å². The second-order valence-electron chi connectivity index (χ2n) is 4.63. The number of hydrogen-bond donors (Lipinski definition) is 0. The molecule has 1 aliphatic heterocycles. The van der Waals surface area contributed by atoms with Crippen LogP contribution in [-0.4, -0.2) is 43.4 Å². The Kier molecular flexibility index (Phi) is 2.97.